The van der Waals surface area contributed by atoms with Crippen molar-refractivity contribution in [2.24, 2.45) is 5.10 Å². The normalized spacial score (nSPS) is 15.2. The molecule has 1 aromatic carbocycles. The Morgan fingerprint density at radius 1 is 1.32 bits per heavy atom. The van der Waals surface area contributed by atoms with E-state index in [1.807, 2.05) is 0 Å². The summed E-state index contributed by atoms with van der Waals surface area (Å²) in [5, 5.41) is 4.88. The van der Waals surface area contributed by atoms with Gasteiger partial charge in [-0.15, -0.1) is 0 Å². The van der Waals surface area contributed by atoms with Gasteiger partial charge in [-0.3, -0.25) is 14.4 Å². The highest BCUT2D eigenvalue weighted by molar-refractivity contribution is 6.62. The van der Waals surface area contributed by atoms with Crippen LogP contribution in [0, 0.1) is 0 Å². The zero-order valence-electron chi connectivity index (χ0n) is 10.3. The van der Waals surface area contributed by atoms with Crippen LogP contribution in [-0.4, -0.2) is 35.8 Å². The van der Waals surface area contributed by atoms with E-state index in [1.165, 1.54) is 0 Å². The topological polar surface area (TPSA) is 76.0 Å². The van der Waals surface area contributed by atoms with Crippen molar-refractivity contribution in [3.05, 3.63) is 29.8 Å². The SMILES string of the molecule is COc1ccc(CN2N=C(C=O)C(=O)CC2=O)cc1. The van der Waals surface area contributed by atoms with Gasteiger partial charge in [0.15, 0.2) is 17.8 Å². The summed E-state index contributed by atoms with van der Waals surface area (Å²) in [6.07, 6.45) is 0.0591. The van der Waals surface area contributed by atoms with Gasteiger partial charge in [0, 0.05) is 0 Å². The maximum Gasteiger partial charge on any atom is 0.250 e. The van der Waals surface area contributed by atoms with Gasteiger partial charge in [-0.2, -0.15) is 5.10 Å². The second kappa shape index (κ2) is 5.43. The molecule has 1 aliphatic rings. The molecule has 0 aliphatic carbocycles. The van der Waals surface area contributed by atoms with Crippen LogP contribution < -0.4 is 4.74 Å². The first-order valence-electron chi connectivity index (χ1n) is 5.64. The summed E-state index contributed by atoms with van der Waals surface area (Å²) >= 11 is 0. The van der Waals surface area contributed by atoms with Crippen LogP contribution in [0.4, 0.5) is 0 Å². The predicted octanol–water partition coefficient (Wildman–Crippen LogP) is 0.551. The third-order valence-electron chi connectivity index (χ3n) is 2.72. The molecule has 0 spiro atoms. The van der Waals surface area contributed by atoms with Crippen molar-refractivity contribution in [1.82, 2.24) is 5.01 Å². The number of hydrogen-bond acceptors (Lipinski definition) is 5. The third-order valence-corrected chi connectivity index (χ3v) is 2.72. The summed E-state index contributed by atoms with van der Waals surface area (Å²) in [6, 6.07) is 7.11. The van der Waals surface area contributed by atoms with Gasteiger partial charge >= 0.3 is 0 Å². The van der Waals surface area contributed by atoms with Crippen molar-refractivity contribution in [1.29, 1.82) is 0 Å². The lowest BCUT2D eigenvalue weighted by Gasteiger charge is -2.21. The molecule has 0 saturated carbocycles. The molecule has 98 valence electrons. The third kappa shape index (κ3) is 2.85. The number of amides is 1. The number of carbonyl (C=O) groups excluding carboxylic acids is 3. The molecule has 6 nitrogen and oxygen atoms in total. The number of hydrogen-bond donors (Lipinski definition) is 0. The van der Waals surface area contributed by atoms with Gasteiger partial charge in [0.2, 0.25) is 0 Å². The maximum absolute atomic E-state index is 11.7. The summed E-state index contributed by atoms with van der Waals surface area (Å²) in [5.41, 5.74) is 0.616. The van der Waals surface area contributed by atoms with E-state index >= 15 is 0 Å². The summed E-state index contributed by atoms with van der Waals surface area (Å²) in [7, 11) is 1.56. The molecule has 1 amide bonds. The summed E-state index contributed by atoms with van der Waals surface area (Å²) in [5.74, 6) is -0.238. The van der Waals surface area contributed by atoms with Crippen LogP contribution in [0.15, 0.2) is 29.4 Å². The molecule has 6 heteroatoms. The number of nitrogens with zero attached hydrogens (tertiary/aromatic N) is 2. The van der Waals surface area contributed by atoms with Crippen LogP contribution in [0.2, 0.25) is 0 Å². The Labute approximate surface area is 109 Å². The molecule has 0 atom stereocenters. The molecular weight excluding hydrogens is 248 g/mol. The van der Waals surface area contributed by atoms with E-state index in [0.29, 0.717) is 12.0 Å². The van der Waals surface area contributed by atoms with Crippen LogP contribution in [0.1, 0.15) is 12.0 Å². The van der Waals surface area contributed by atoms with Crippen molar-refractivity contribution in [2.45, 2.75) is 13.0 Å². The fraction of sp³-hybridized carbons (Fsp3) is 0.231. The Hall–Kier alpha value is -2.50. The molecule has 1 aromatic rings. The molecule has 0 aromatic heterocycles. The van der Waals surface area contributed by atoms with E-state index in [9.17, 15) is 14.4 Å². The van der Waals surface area contributed by atoms with Crippen molar-refractivity contribution in [2.75, 3.05) is 7.11 Å². The molecule has 0 fully saturated rings. The van der Waals surface area contributed by atoms with Gasteiger partial charge < -0.3 is 4.74 Å². The number of rotatable bonds is 4. The van der Waals surface area contributed by atoms with Gasteiger partial charge in [0.05, 0.1) is 20.1 Å². The smallest absolute Gasteiger partial charge is 0.250 e. The second-order valence-electron chi connectivity index (χ2n) is 4.00. The Bertz CT molecular complexity index is 548. The number of ether oxygens (including phenoxy) is 1. The molecular formula is C13H12N2O4. The molecule has 0 saturated heterocycles. The largest absolute Gasteiger partial charge is 0.497 e. The van der Waals surface area contributed by atoms with Gasteiger partial charge in [-0.25, -0.2) is 5.01 Å². The van der Waals surface area contributed by atoms with Crippen LogP contribution >= 0.6 is 0 Å². The highest BCUT2D eigenvalue weighted by atomic mass is 16.5. The lowest BCUT2D eigenvalue weighted by Crippen LogP contribution is -2.37. The Morgan fingerprint density at radius 2 is 2.00 bits per heavy atom. The Morgan fingerprint density at radius 3 is 2.58 bits per heavy atom. The number of benzene rings is 1. The maximum atomic E-state index is 11.7. The van der Waals surface area contributed by atoms with E-state index in [2.05, 4.69) is 5.10 Å². The Balaban J connectivity index is 2.17. The van der Waals surface area contributed by atoms with Crippen molar-refractivity contribution in [3.8, 4) is 5.75 Å². The lowest BCUT2D eigenvalue weighted by molar-refractivity contribution is -0.135. The van der Waals surface area contributed by atoms with E-state index in [1.54, 1.807) is 31.4 Å². The van der Waals surface area contributed by atoms with Crippen LogP contribution in [-0.2, 0) is 20.9 Å². The second-order valence-corrected chi connectivity index (χ2v) is 4.00. The van der Waals surface area contributed by atoms with Crippen molar-refractivity contribution < 1.29 is 19.1 Å². The highest BCUT2D eigenvalue weighted by Gasteiger charge is 2.26. The first kappa shape index (κ1) is 12.9. The van der Waals surface area contributed by atoms with E-state index < -0.39 is 11.7 Å². The first-order chi connectivity index (χ1) is 9.13. The molecule has 2 rings (SSSR count). The van der Waals surface area contributed by atoms with Crippen LogP contribution in [0.25, 0.3) is 0 Å². The molecule has 0 bridgehead atoms. The van der Waals surface area contributed by atoms with Crippen LogP contribution in [0.5, 0.6) is 5.75 Å². The number of ketones is 1. The summed E-state index contributed by atoms with van der Waals surface area (Å²) in [6.45, 7) is 0.216. The predicted molar refractivity (Wildman–Crippen MR) is 66.7 cm³/mol. The fourth-order valence-corrected chi connectivity index (χ4v) is 1.68. The molecule has 19 heavy (non-hydrogen) atoms. The molecule has 0 N–H and O–H groups in total. The van der Waals surface area contributed by atoms with Gasteiger partial charge in [0.25, 0.3) is 5.91 Å². The number of aldehydes is 1. The number of hydrazone groups is 1. The average molecular weight is 260 g/mol. The quantitative estimate of drug-likeness (QED) is 0.585. The molecule has 0 radical (unpaired) electrons. The summed E-state index contributed by atoms with van der Waals surface area (Å²) in [4.78, 5) is 33.6. The number of carbonyl (C=O) groups is 3. The Kier molecular flexibility index (Phi) is 3.70. The standard InChI is InChI=1S/C13H12N2O4/c1-19-10-4-2-9(3-5-10)7-15-13(18)6-12(17)11(8-16)14-15/h2-5,8H,6-7H2,1H3. The van der Waals surface area contributed by atoms with Gasteiger partial charge in [0.1, 0.15) is 5.75 Å². The zero-order valence-corrected chi connectivity index (χ0v) is 10.3. The van der Waals surface area contributed by atoms with Crippen molar-refractivity contribution >= 4 is 23.7 Å². The average Bonchev–Trinajstić information content (AvgIpc) is 2.42. The van der Waals surface area contributed by atoms with Gasteiger partial charge in [-0.1, -0.05) is 12.1 Å². The minimum Gasteiger partial charge on any atom is -0.497 e. The lowest BCUT2D eigenvalue weighted by atomic mass is 10.1. The highest BCUT2D eigenvalue weighted by Crippen LogP contribution is 2.15. The van der Waals surface area contributed by atoms with E-state index in [0.717, 1.165) is 10.6 Å². The van der Waals surface area contributed by atoms with Crippen LogP contribution in [0.3, 0.4) is 0 Å². The minimum atomic E-state index is -0.536. The molecule has 0 unspecified atom stereocenters. The fourth-order valence-electron chi connectivity index (χ4n) is 1.68. The van der Waals surface area contributed by atoms with Gasteiger partial charge in [-0.05, 0) is 17.7 Å². The number of Topliss-reactive ketones (excluding diaryl/α,β-unsaturated/α-hetero) is 1. The number of methoxy groups -OCH3 is 1. The molecule has 1 aliphatic heterocycles. The monoisotopic (exact) mass is 260 g/mol. The zero-order chi connectivity index (χ0) is 13.8. The molecule has 1 heterocycles. The minimum absolute atomic E-state index is 0.215. The van der Waals surface area contributed by atoms with Crippen molar-refractivity contribution in [3.63, 3.8) is 0 Å². The van der Waals surface area contributed by atoms with E-state index in [-0.39, 0.29) is 18.7 Å². The van der Waals surface area contributed by atoms with E-state index in [4.69, 9.17) is 4.74 Å². The summed E-state index contributed by atoms with van der Waals surface area (Å²) < 4.78 is 5.03. The first-order valence-corrected chi connectivity index (χ1v) is 5.64.